The van der Waals surface area contributed by atoms with Crippen molar-refractivity contribution in [2.24, 2.45) is 0 Å². The average molecular weight is 208 g/mol. The number of rotatable bonds is 1. The number of hydrogen-bond donors (Lipinski definition) is 1. The SMILES string of the molecule is c1ccc2c(c1)[nH]c1c(C3CC3)nccc12. The molecule has 2 aromatic heterocycles. The van der Waals surface area contributed by atoms with Gasteiger partial charge in [-0.05, 0) is 25.0 Å². The van der Waals surface area contributed by atoms with Crippen LogP contribution in [0.4, 0.5) is 0 Å². The molecule has 1 aliphatic rings. The molecule has 2 heterocycles. The fraction of sp³-hybridized carbons (Fsp3) is 0.214. The van der Waals surface area contributed by atoms with Crippen molar-refractivity contribution in [2.45, 2.75) is 18.8 Å². The van der Waals surface area contributed by atoms with Crippen LogP contribution >= 0.6 is 0 Å². The van der Waals surface area contributed by atoms with Crippen LogP contribution in [0.1, 0.15) is 24.5 Å². The minimum Gasteiger partial charge on any atom is -0.353 e. The normalized spacial score (nSPS) is 16.0. The minimum atomic E-state index is 0.691. The summed E-state index contributed by atoms with van der Waals surface area (Å²) in [4.78, 5) is 8.04. The first-order chi connectivity index (χ1) is 7.93. The number of para-hydroxylation sites is 1. The van der Waals surface area contributed by atoms with Gasteiger partial charge in [-0.3, -0.25) is 4.98 Å². The van der Waals surface area contributed by atoms with Crippen LogP contribution in [0.2, 0.25) is 0 Å². The summed E-state index contributed by atoms with van der Waals surface area (Å²) in [7, 11) is 0. The first-order valence-electron chi connectivity index (χ1n) is 5.79. The summed E-state index contributed by atoms with van der Waals surface area (Å²) < 4.78 is 0. The van der Waals surface area contributed by atoms with Crippen molar-refractivity contribution in [3.8, 4) is 0 Å². The van der Waals surface area contributed by atoms with Gasteiger partial charge in [-0.2, -0.15) is 0 Å². The molecule has 0 unspecified atom stereocenters. The highest BCUT2D eigenvalue weighted by atomic mass is 14.8. The first-order valence-corrected chi connectivity index (χ1v) is 5.79. The third-order valence-corrected chi connectivity index (χ3v) is 3.42. The second-order valence-corrected chi connectivity index (χ2v) is 4.56. The molecule has 2 nitrogen and oxygen atoms in total. The van der Waals surface area contributed by atoms with Gasteiger partial charge < -0.3 is 4.98 Å². The lowest BCUT2D eigenvalue weighted by Gasteiger charge is -1.98. The van der Waals surface area contributed by atoms with Crippen molar-refractivity contribution in [3.63, 3.8) is 0 Å². The van der Waals surface area contributed by atoms with E-state index in [1.165, 1.54) is 40.3 Å². The van der Waals surface area contributed by atoms with Crippen molar-refractivity contribution in [3.05, 3.63) is 42.2 Å². The van der Waals surface area contributed by atoms with Crippen LogP contribution < -0.4 is 0 Å². The van der Waals surface area contributed by atoms with Gasteiger partial charge in [0, 0.05) is 28.4 Å². The van der Waals surface area contributed by atoms with E-state index in [-0.39, 0.29) is 0 Å². The van der Waals surface area contributed by atoms with Gasteiger partial charge in [-0.1, -0.05) is 18.2 Å². The number of nitrogens with one attached hydrogen (secondary N) is 1. The highest BCUT2D eigenvalue weighted by molar-refractivity contribution is 6.07. The zero-order chi connectivity index (χ0) is 10.5. The topological polar surface area (TPSA) is 28.7 Å². The van der Waals surface area contributed by atoms with Gasteiger partial charge in [-0.25, -0.2) is 0 Å². The molecule has 2 heteroatoms. The van der Waals surface area contributed by atoms with E-state index in [0.717, 1.165) is 0 Å². The maximum Gasteiger partial charge on any atom is 0.0686 e. The summed E-state index contributed by atoms with van der Waals surface area (Å²) in [5.74, 6) is 0.691. The van der Waals surface area contributed by atoms with Crippen LogP contribution in [0.5, 0.6) is 0 Å². The van der Waals surface area contributed by atoms with Gasteiger partial charge in [0.25, 0.3) is 0 Å². The summed E-state index contributed by atoms with van der Waals surface area (Å²) in [5.41, 5.74) is 3.72. The fourth-order valence-electron chi connectivity index (χ4n) is 2.46. The Morgan fingerprint density at radius 3 is 2.81 bits per heavy atom. The molecule has 1 N–H and O–H groups in total. The molecular weight excluding hydrogens is 196 g/mol. The van der Waals surface area contributed by atoms with Gasteiger partial charge in [0.15, 0.2) is 0 Å². The van der Waals surface area contributed by atoms with E-state index in [2.05, 4.69) is 40.3 Å². The zero-order valence-electron chi connectivity index (χ0n) is 8.90. The second-order valence-electron chi connectivity index (χ2n) is 4.56. The summed E-state index contributed by atoms with van der Waals surface area (Å²) in [6.45, 7) is 0. The molecular formula is C14H12N2. The lowest BCUT2D eigenvalue weighted by molar-refractivity contribution is 1.04. The molecule has 4 rings (SSSR count). The molecule has 1 aliphatic carbocycles. The summed E-state index contributed by atoms with van der Waals surface area (Å²) in [5, 5.41) is 2.62. The van der Waals surface area contributed by atoms with Gasteiger partial charge in [0.1, 0.15) is 0 Å². The molecule has 0 saturated heterocycles. The molecule has 1 saturated carbocycles. The van der Waals surface area contributed by atoms with E-state index in [1.54, 1.807) is 0 Å². The maximum absolute atomic E-state index is 4.53. The Balaban J connectivity index is 2.18. The minimum absolute atomic E-state index is 0.691. The van der Waals surface area contributed by atoms with Gasteiger partial charge in [0.2, 0.25) is 0 Å². The molecule has 1 fully saturated rings. The van der Waals surface area contributed by atoms with Crippen molar-refractivity contribution in [1.82, 2.24) is 9.97 Å². The second kappa shape index (κ2) is 2.85. The van der Waals surface area contributed by atoms with E-state index in [1.807, 2.05) is 6.20 Å². The Kier molecular flexibility index (Phi) is 1.48. The van der Waals surface area contributed by atoms with Gasteiger partial charge in [0.05, 0.1) is 11.2 Å². The molecule has 3 aromatic rings. The van der Waals surface area contributed by atoms with Crippen LogP contribution in [0, 0.1) is 0 Å². The molecule has 78 valence electrons. The quantitative estimate of drug-likeness (QED) is 0.650. The molecule has 0 spiro atoms. The van der Waals surface area contributed by atoms with Crippen LogP contribution in [-0.4, -0.2) is 9.97 Å². The Hall–Kier alpha value is -1.83. The van der Waals surface area contributed by atoms with E-state index < -0.39 is 0 Å². The molecule has 0 bridgehead atoms. The maximum atomic E-state index is 4.53. The Labute approximate surface area is 93.3 Å². The molecule has 0 radical (unpaired) electrons. The zero-order valence-corrected chi connectivity index (χ0v) is 8.90. The monoisotopic (exact) mass is 208 g/mol. The average Bonchev–Trinajstić information content (AvgIpc) is 3.09. The van der Waals surface area contributed by atoms with Crippen LogP contribution in [0.3, 0.4) is 0 Å². The highest BCUT2D eigenvalue weighted by Crippen LogP contribution is 2.42. The number of benzene rings is 1. The summed E-state index contributed by atoms with van der Waals surface area (Å²) in [6.07, 6.45) is 4.53. The number of pyridine rings is 1. The van der Waals surface area contributed by atoms with Crippen LogP contribution in [-0.2, 0) is 0 Å². The third kappa shape index (κ3) is 1.04. The molecule has 0 amide bonds. The Morgan fingerprint density at radius 1 is 1.06 bits per heavy atom. The van der Waals surface area contributed by atoms with Gasteiger partial charge >= 0.3 is 0 Å². The van der Waals surface area contributed by atoms with Crippen LogP contribution in [0.15, 0.2) is 36.5 Å². The smallest absolute Gasteiger partial charge is 0.0686 e. The van der Waals surface area contributed by atoms with Crippen molar-refractivity contribution in [1.29, 1.82) is 0 Å². The first kappa shape index (κ1) is 8.34. The molecule has 0 atom stereocenters. The molecule has 0 aliphatic heterocycles. The van der Waals surface area contributed by atoms with Crippen molar-refractivity contribution < 1.29 is 0 Å². The predicted molar refractivity (Wildman–Crippen MR) is 65.6 cm³/mol. The van der Waals surface area contributed by atoms with E-state index in [9.17, 15) is 0 Å². The number of aromatic nitrogens is 2. The van der Waals surface area contributed by atoms with E-state index in [4.69, 9.17) is 0 Å². The summed E-state index contributed by atoms with van der Waals surface area (Å²) in [6, 6.07) is 10.6. The molecule has 1 aromatic carbocycles. The van der Waals surface area contributed by atoms with Crippen LogP contribution in [0.25, 0.3) is 21.8 Å². The Morgan fingerprint density at radius 2 is 1.94 bits per heavy atom. The standard InChI is InChI=1S/C14H12N2/c1-2-4-12-10(3-1)11-7-8-15-13(9-5-6-9)14(11)16-12/h1-4,7-9,16H,5-6H2. The van der Waals surface area contributed by atoms with Crippen molar-refractivity contribution in [2.75, 3.05) is 0 Å². The molecule has 16 heavy (non-hydrogen) atoms. The highest BCUT2D eigenvalue weighted by Gasteiger charge is 2.27. The predicted octanol–water partition coefficient (Wildman–Crippen LogP) is 3.59. The number of aromatic amines is 1. The summed E-state index contributed by atoms with van der Waals surface area (Å²) >= 11 is 0. The number of nitrogens with zero attached hydrogens (tertiary/aromatic N) is 1. The third-order valence-electron chi connectivity index (χ3n) is 3.42. The van der Waals surface area contributed by atoms with E-state index in [0.29, 0.717) is 5.92 Å². The van der Waals surface area contributed by atoms with Crippen molar-refractivity contribution >= 4 is 21.8 Å². The van der Waals surface area contributed by atoms with E-state index >= 15 is 0 Å². The lowest BCUT2D eigenvalue weighted by Crippen LogP contribution is -1.86. The lowest BCUT2D eigenvalue weighted by atomic mass is 10.1. The number of hydrogen-bond acceptors (Lipinski definition) is 1. The Bertz CT molecular complexity index is 677. The fourth-order valence-corrected chi connectivity index (χ4v) is 2.46. The number of H-pyrrole nitrogens is 1. The number of fused-ring (bicyclic) bond motifs is 3. The largest absolute Gasteiger partial charge is 0.353 e. The van der Waals surface area contributed by atoms with Gasteiger partial charge in [-0.15, -0.1) is 0 Å².